The summed E-state index contributed by atoms with van der Waals surface area (Å²) < 4.78 is 0. The van der Waals surface area contributed by atoms with E-state index in [1.54, 1.807) is 30.5 Å². The van der Waals surface area contributed by atoms with Crippen LogP contribution in [0.1, 0.15) is 27.7 Å². The highest BCUT2D eigenvalue weighted by Gasteiger charge is 2.23. The smallest absolute Gasteiger partial charge is 0.215 e. The predicted molar refractivity (Wildman–Crippen MR) is 116 cm³/mol. The second-order valence-electron chi connectivity index (χ2n) is 6.77. The summed E-state index contributed by atoms with van der Waals surface area (Å²) in [5.74, 6) is 0.699. The van der Waals surface area contributed by atoms with Crippen LogP contribution >= 0.6 is 23.2 Å². The van der Waals surface area contributed by atoms with Gasteiger partial charge >= 0.3 is 0 Å². The van der Waals surface area contributed by atoms with Gasteiger partial charge in [0.2, 0.25) is 5.78 Å². The largest absolute Gasteiger partial charge is 0.383 e. The second kappa shape index (κ2) is 8.37. The van der Waals surface area contributed by atoms with Crippen molar-refractivity contribution in [2.24, 2.45) is 0 Å². The van der Waals surface area contributed by atoms with Gasteiger partial charge in [0.25, 0.3) is 0 Å². The number of nitrogens with one attached hydrogen (secondary N) is 1. The molecule has 1 fully saturated rings. The zero-order valence-corrected chi connectivity index (χ0v) is 17.0. The molecular formula is C21H19Cl2N5O. The number of pyridine rings is 2. The van der Waals surface area contributed by atoms with Crippen molar-refractivity contribution in [2.75, 3.05) is 30.3 Å². The second-order valence-corrected chi connectivity index (χ2v) is 7.59. The number of nitrogens with two attached hydrogens (primary N) is 1. The summed E-state index contributed by atoms with van der Waals surface area (Å²) in [6.07, 6.45) is 1.56. The standard InChI is InChI=1S/C21H19Cl2N5O/c22-15-7-6-13(11-16(15)23)18-12-28(10-9-25-18)19-5-1-4-17(27-19)20(29)14-3-2-8-26-21(14)24/h1-8,11,18,25H,9-10,12H2,(H2,24,26). The Labute approximate surface area is 178 Å². The number of halogens is 2. The van der Waals surface area contributed by atoms with Crippen LogP contribution in [0, 0.1) is 0 Å². The Morgan fingerprint density at radius 2 is 2.00 bits per heavy atom. The van der Waals surface area contributed by atoms with Crippen LogP contribution < -0.4 is 16.0 Å². The minimum Gasteiger partial charge on any atom is -0.383 e. The lowest BCUT2D eigenvalue weighted by Gasteiger charge is -2.35. The number of carbonyl (C=O) groups excluding carboxylic acids is 1. The van der Waals surface area contributed by atoms with E-state index in [2.05, 4.69) is 20.2 Å². The molecule has 1 aliphatic heterocycles. The Morgan fingerprint density at radius 1 is 1.14 bits per heavy atom. The van der Waals surface area contributed by atoms with Crippen molar-refractivity contribution in [3.63, 3.8) is 0 Å². The van der Waals surface area contributed by atoms with E-state index in [1.165, 1.54) is 0 Å². The van der Waals surface area contributed by atoms with Gasteiger partial charge in [-0.2, -0.15) is 0 Å². The molecule has 0 saturated carbocycles. The minimum absolute atomic E-state index is 0.0774. The maximum atomic E-state index is 12.8. The molecule has 148 valence electrons. The molecule has 1 atom stereocenters. The van der Waals surface area contributed by atoms with Crippen LogP contribution in [0.4, 0.5) is 11.6 Å². The van der Waals surface area contributed by atoms with Crippen molar-refractivity contribution >= 4 is 40.6 Å². The van der Waals surface area contributed by atoms with Gasteiger partial charge in [0.1, 0.15) is 17.3 Å². The number of benzene rings is 1. The van der Waals surface area contributed by atoms with E-state index in [4.69, 9.17) is 28.9 Å². The third-order valence-electron chi connectivity index (χ3n) is 4.90. The molecule has 0 amide bonds. The molecule has 1 aromatic carbocycles. The van der Waals surface area contributed by atoms with Crippen molar-refractivity contribution in [1.29, 1.82) is 0 Å². The van der Waals surface area contributed by atoms with Crippen LogP contribution in [0.25, 0.3) is 0 Å². The van der Waals surface area contributed by atoms with Crippen LogP contribution in [-0.2, 0) is 0 Å². The molecule has 29 heavy (non-hydrogen) atoms. The van der Waals surface area contributed by atoms with Crippen LogP contribution in [0.5, 0.6) is 0 Å². The molecule has 8 heteroatoms. The van der Waals surface area contributed by atoms with E-state index >= 15 is 0 Å². The first-order chi connectivity index (χ1) is 14.0. The number of carbonyl (C=O) groups is 1. The van der Waals surface area contributed by atoms with Gasteiger partial charge in [0, 0.05) is 31.9 Å². The summed E-state index contributed by atoms with van der Waals surface area (Å²) in [6, 6.07) is 14.5. The van der Waals surface area contributed by atoms with Gasteiger partial charge in [0.05, 0.1) is 15.6 Å². The molecule has 6 nitrogen and oxygen atoms in total. The quantitative estimate of drug-likeness (QED) is 0.616. The lowest BCUT2D eigenvalue weighted by molar-refractivity contribution is 0.103. The fourth-order valence-corrected chi connectivity index (χ4v) is 3.69. The average molecular weight is 428 g/mol. The Bertz CT molecular complexity index is 1060. The Morgan fingerprint density at radius 3 is 2.79 bits per heavy atom. The average Bonchev–Trinajstić information content (AvgIpc) is 2.76. The summed E-state index contributed by atoms with van der Waals surface area (Å²) in [5.41, 5.74) is 7.59. The first-order valence-electron chi connectivity index (χ1n) is 9.18. The van der Waals surface area contributed by atoms with E-state index in [0.717, 1.165) is 24.5 Å². The fourth-order valence-electron chi connectivity index (χ4n) is 3.38. The molecule has 0 spiro atoms. The van der Waals surface area contributed by atoms with Crippen molar-refractivity contribution < 1.29 is 4.79 Å². The zero-order chi connectivity index (χ0) is 20.4. The van der Waals surface area contributed by atoms with Crippen molar-refractivity contribution in [2.45, 2.75) is 6.04 Å². The summed E-state index contributed by atoms with van der Waals surface area (Å²) in [5, 5.41) is 4.55. The molecule has 3 aromatic rings. The van der Waals surface area contributed by atoms with E-state index in [9.17, 15) is 4.79 Å². The number of anilines is 2. The Hall–Kier alpha value is -2.67. The molecule has 2 aromatic heterocycles. The first kappa shape index (κ1) is 19.6. The normalized spacial score (nSPS) is 16.6. The highest BCUT2D eigenvalue weighted by atomic mass is 35.5. The topological polar surface area (TPSA) is 84.1 Å². The summed E-state index contributed by atoms with van der Waals surface area (Å²) in [7, 11) is 0. The first-order valence-corrected chi connectivity index (χ1v) is 9.94. The third kappa shape index (κ3) is 4.19. The monoisotopic (exact) mass is 427 g/mol. The number of hydrogen-bond donors (Lipinski definition) is 2. The van der Waals surface area contributed by atoms with Gasteiger partial charge in [-0.1, -0.05) is 35.3 Å². The van der Waals surface area contributed by atoms with Gasteiger partial charge < -0.3 is 16.0 Å². The zero-order valence-electron chi connectivity index (χ0n) is 15.5. The van der Waals surface area contributed by atoms with Gasteiger partial charge in [-0.25, -0.2) is 9.97 Å². The van der Waals surface area contributed by atoms with Crippen LogP contribution in [0.3, 0.4) is 0 Å². The summed E-state index contributed by atoms with van der Waals surface area (Å²) >= 11 is 12.2. The lowest BCUT2D eigenvalue weighted by atomic mass is 10.0. The number of nitrogens with zero attached hydrogens (tertiary/aromatic N) is 3. The summed E-state index contributed by atoms with van der Waals surface area (Å²) in [6.45, 7) is 2.25. The maximum absolute atomic E-state index is 12.8. The predicted octanol–water partition coefficient (Wildman–Crippen LogP) is 3.75. The van der Waals surface area contributed by atoms with E-state index in [-0.39, 0.29) is 17.6 Å². The third-order valence-corrected chi connectivity index (χ3v) is 5.63. The number of ketones is 1. The summed E-state index contributed by atoms with van der Waals surface area (Å²) in [4.78, 5) is 23.5. The van der Waals surface area contributed by atoms with Gasteiger partial charge in [-0.05, 0) is 42.0 Å². The molecule has 0 radical (unpaired) electrons. The SMILES string of the molecule is Nc1ncccc1C(=O)c1cccc(N2CCNC(c3ccc(Cl)c(Cl)c3)C2)n1. The maximum Gasteiger partial charge on any atom is 0.215 e. The number of aromatic nitrogens is 2. The molecule has 1 aliphatic rings. The van der Waals surface area contributed by atoms with Gasteiger partial charge in [0.15, 0.2) is 0 Å². The van der Waals surface area contributed by atoms with Crippen molar-refractivity contribution in [3.05, 3.63) is 81.6 Å². The Kier molecular flexibility index (Phi) is 5.67. The van der Waals surface area contributed by atoms with Crippen LogP contribution in [0.2, 0.25) is 10.0 Å². The minimum atomic E-state index is -0.242. The number of rotatable bonds is 4. The molecular weight excluding hydrogens is 409 g/mol. The molecule has 0 bridgehead atoms. The molecule has 1 unspecified atom stereocenters. The molecule has 1 saturated heterocycles. The number of nitrogen functional groups attached to an aromatic ring is 1. The molecule has 3 heterocycles. The van der Waals surface area contributed by atoms with Crippen molar-refractivity contribution in [3.8, 4) is 0 Å². The van der Waals surface area contributed by atoms with E-state index in [0.29, 0.717) is 27.8 Å². The van der Waals surface area contributed by atoms with Crippen LogP contribution in [0.15, 0.2) is 54.7 Å². The number of hydrogen-bond acceptors (Lipinski definition) is 6. The van der Waals surface area contributed by atoms with Gasteiger partial charge in [-0.15, -0.1) is 0 Å². The number of piperazine rings is 1. The van der Waals surface area contributed by atoms with Crippen LogP contribution in [-0.4, -0.2) is 35.4 Å². The molecule has 4 rings (SSSR count). The van der Waals surface area contributed by atoms with Gasteiger partial charge in [-0.3, -0.25) is 4.79 Å². The highest BCUT2D eigenvalue weighted by Crippen LogP contribution is 2.28. The highest BCUT2D eigenvalue weighted by molar-refractivity contribution is 6.42. The Balaban J connectivity index is 1.57. The fraction of sp³-hybridized carbons (Fsp3) is 0.190. The molecule has 3 N–H and O–H groups in total. The lowest BCUT2D eigenvalue weighted by Crippen LogP contribution is -2.46. The molecule has 0 aliphatic carbocycles. The van der Waals surface area contributed by atoms with Crippen molar-refractivity contribution in [1.82, 2.24) is 15.3 Å². The van der Waals surface area contributed by atoms with E-state index < -0.39 is 0 Å². The van der Waals surface area contributed by atoms with E-state index in [1.807, 2.05) is 24.3 Å².